The van der Waals surface area contributed by atoms with Gasteiger partial charge in [-0.1, -0.05) is 5.21 Å². The average Bonchev–Trinajstić information content (AvgIpc) is 3.03. The van der Waals surface area contributed by atoms with Gasteiger partial charge in [0.05, 0.1) is 24.0 Å². The van der Waals surface area contributed by atoms with Gasteiger partial charge >= 0.3 is 5.69 Å². The van der Waals surface area contributed by atoms with Crippen molar-refractivity contribution >= 4 is 0 Å². The molecule has 1 aliphatic rings. The Morgan fingerprint density at radius 2 is 2.23 bits per heavy atom. The largest absolute Gasteiger partial charge is 0.394 e. The third-order valence-electron chi connectivity index (χ3n) is 4.02. The van der Waals surface area contributed by atoms with Gasteiger partial charge in [-0.15, -0.1) is 5.10 Å². The molecule has 2 aromatic heterocycles. The number of rotatable bonds is 3. The number of aromatic nitrogens is 5. The minimum Gasteiger partial charge on any atom is -0.394 e. The van der Waals surface area contributed by atoms with Crippen LogP contribution < -0.4 is 11.2 Å². The van der Waals surface area contributed by atoms with Crippen molar-refractivity contribution in [2.75, 3.05) is 6.61 Å². The third kappa shape index (κ3) is 2.38. The fourth-order valence-corrected chi connectivity index (χ4v) is 2.70. The molecule has 1 fully saturated rings. The first-order valence-electron chi connectivity index (χ1n) is 6.97. The van der Waals surface area contributed by atoms with Gasteiger partial charge in [-0.25, -0.2) is 9.48 Å². The summed E-state index contributed by atoms with van der Waals surface area (Å²) in [6, 6.07) is 1.03. The van der Waals surface area contributed by atoms with Crippen LogP contribution in [0, 0.1) is 13.8 Å². The first-order valence-corrected chi connectivity index (χ1v) is 6.97. The number of nitrogens with one attached hydrogen (secondary N) is 1. The van der Waals surface area contributed by atoms with Gasteiger partial charge in [-0.2, -0.15) is 0 Å². The van der Waals surface area contributed by atoms with Gasteiger partial charge < -0.3 is 9.84 Å². The second-order valence-electron chi connectivity index (χ2n) is 5.34. The standard InChI is InChI=1S/C13H17N5O4/c1-7-8(2)18(16-15-7)9-5-12(22-10(9)6-19)17-4-3-11(20)14-13(17)21/h3-4,9-10,12,19H,5-6H2,1-2H3,(H,14,20,21). The molecule has 1 aliphatic heterocycles. The molecule has 9 nitrogen and oxygen atoms in total. The van der Waals surface area contributed by atoms with Crippen LogP contribution in [-0.4, -0.2) is 42.4 Å². The number of aromatic amines is 1. The molecular weight excluding hydrogens is 290 g/mol. The summed E-state index contributed by atoms with van der Waals surface area (Å²) in [6.45, 7) is 3.55. The van der Waals surface area contributed by atoms with Crippen molar-refractivity contribution in [3.63, 3.8) is 0 Å². The molecule has 0 spiro atoms. The van der Waals surface area contributed by atoms with E-state index in [2.05, 4.69) is 15.3 Å². The molecule has 0 aliphatic carbocycles. The van der Waals surface area contributed by atoms with Crippen LogP contribution >= 0.6 is 0 Å². The molecule has 3 atom stereocenters. The monoisotopic (exact) mass is 307 g/mol. The van der Waals surface area contributed by atoms with E-state index in [9.17, 15) is 14.7 Å². The quantitative estimate of drug-likeness (QED) is 0.772. The minimum absolute atomic E-state index is 0.197. The number of hydrogen-bond donors (Lipinski definition) is 2. The first-order chi connectivity index (χ1) is 10.5. The lowest BCUT2D eigenvalue weighted by Crippen LogP contribution is -2.31. The van der Waals surface area contributed by atoms with Crippen LogP contribution in [0.2, 0.25) is 0 Å². The normalized spacial score (nSPS) is 24.8. The predicted octanol–water partition coefficient (Wildman–Crippen LogP) is -0.734. The summed E-state index contributed by atoms with van der Waals surface area (Å²) in [5, 5.41) is 17.6. The van der Waals surface area contributed by atoms with Crippen molar-refractivity contribution < 1.29 is 9.84 Å². The van der Waals surface area contributed by atoms with E-state index in [-0.39, 0.29) is 12.6 Å². The lowest BCUT2D eigenvalue weighted by atomic mass is 10.1. The molecule has 3 heterocycles. The van der Waals surface area contributed by atoms with Crippen LogP contribution in [-0.2, 0) is 4.74 Å². The summed E-state index contributed by atoms with van der Waals surface area (Å²) in [5.74, 6) is 0. The molecule has 3 unspecified atom stereocenters. The van der Waals surface area contributed by atoms with E-state index in [1.807, 2.05) is 13.8 Å². The second-order valence-corrected chi connectivity index (χ2v) is 5.34. The van der Waals surface area contributed by atoms with Gasteiger partial charge in [0.25, 0.3) is 5.56 Å². The van der Waals surface area contributed by atoms with Crippen molar-refractivity contribution in [1.29, 1.82) is 0 Å². The number of nitrogens with zero attached hydrogens (tertiary/aromatic N) is 4. The predicted molar refractivity (Wildman–Crippen MR) is 75.5 cm³/mol. The number of H-pyrrole nitrogens is 1. The third-order valence-corrected chi connectivity index (χ3v) is 4.02. The summed E-state index contributed by atoms with van der Waals surface area (Å²) in [6.07, 6.45) is 0.766. The van der Waals surface area contributed by atoms with Crippen molar-refractivity contribution in [3.05, 3.63) is 44.5 Å². The zero-order valence-corrected chi connectivity index (χ0v) is 12.3. The first kappa shape index (κ1) is 14.7. The van der Waals surface area contributed by atoms with E-state index in [0.717, 1.165) is 11.4 Å². The summed E-state index contributed by atoms with van der Waals surface area (Å²) in [7, 11) is 0. The molecule has 0 bridgehead atoms. The summed E-state index contributed by atoms with van der Waals surface area (Å²) >= 11 is 0. The highest BCUT2D eigenvalue weighted by molar-refractivity contribution is 5.07. The highest BCUT2D eigenvalue weighted by atomic mass is 16.5. The van der Waals surface area contributed by atoms with E-state index in [1.165, 1.54) is 16.8 Å². The minimum atomic E-state index is -0.574. The fourth-order valence-electron chi connectivity index (χ4n) is 2.70. The number of aliphatic hydroxyl groups excluding tert-OH is 1. The molecule has 0 amide bonds. The Bertz CT molecular complexity index is 792. The van der Waals surface area contributed by atoms with Crippen molar-refractivity contribution in [2.45, 2.75) is 38.6 Å². The molecule has 0 aromatic carbocycles. The maximum absolute atomic E-state index is 11.9. The molecule has 9 heteroatoms. The van der Waals surface area contributed by atoms with Crippen LogP contribution in [0.25, 0.3) is 0 Å². The Labute approximate surface area is 125 Å². The van der Waals surface area contributed by atoms with E-state index in [4.69, 9.17) is 4.74 Å². The lowest BCUT2D eigenvalue weighted by Gasteiger charge is -2.16. The molecule has 0 saturated carbocycles. The van der Waals surface area contributed by atoms with Crippen LogP contribution in [0.1, 0.15) is 30.1 Å². The molecule has 22 heavy (non-hydrogen) atoms. The van der Waals surface area contributed by atoms with Gasteiger partial charge in [-0.3, -0.25) is 14.3 Å². The molecular formula is C13H17N5O4. The van der Waals surface area contributed by atoms with E-state index >= 15 is 0 Å². The Balaban J connectivity index is 1.93. The zero-order valence-electron chi connectivity index (χ0n) is 12.3. The Morgan fingerprint density at radius 3 is 2.82 bits per heavy atom. The summed E-state index contributed by atoms with van der Waals surface area (Å²) < 4.78 is 8.77. The van der Waals surface area contributed by atoms with Crippen LogP contribution in [0.15, 0.2) is 21.9 Å². The summed E-state index contributed by atoms with van der Waals surface area (Å²) in [5.41, 5.74) is 0.696. The lowest BCUT2D eigenvalue weighted by molar-refractivity contribution is -0.0324. The van der Waals surface area contributed by atoms with Gasteiger partial charge in [0.2, 0.25) is 0 Å². The molecule has 2 N–H and O–H groups in total. The molecule has 3 rings (SSSR count). The highest BCUT2D eigenvalue weighted by Crippen LogP contribution is 2.36. The summed E-state index contributed by atoms with van der Waals surface area (Å²) in [4.78, 5) is 25.2. The van der Waals surface area contributed by atoms with Gasteiger partial charge in [-0.05, 0) is 13.8 Å². The van der Waals surface area contributed by atoms with E-state index in [1.54, 1.807) is 4.68 Å². The van der Waals surface area contributed by atoms with Gasteiger partial charge in [0, 0.05) is 18.7 Å². The van der Waals surface area contributed by atoms with Crippen LogP contribution in [0.4, 0.5) is 0 Å². The van der Waals surface area contributed by atoms with Crippen molar-refractivity contribution in [1.82, 2.24) is 24.5 Å². The highest BCUT2D eigenvalue weighted by Gasteiger charge is 2.38. The van der Waals surface area contributed by atoms with E-state index < -0.39 is 23.6 Å². The maximum atomic E-state index is 11.9. The van der Waals surface area contributed by atoms with E-state index in [0.29, 0.717) is 6.42 Å². The maximum Gasteiger partial charge on any atom is 0.330 e. The smallest absolute Gasteiger partial charge is 0.330 e. The average molecular weight is 307 g/mol. The SMILES string of the molecule is Cc1nnn(C2CC(n3ccc(=O)[nH]c3=O)OC2CO)c1C. The Kier molecular flexibility index (Phi) is 3.67. The van der Waals surface area contributed by atoms with Gasteiger partial charge in [0.1, 0.15) is 12.3 Å². The second kappa shape index (κ2) is 5.50. The Hall–Kier alpha value is -2.26. The Morgan fingerprint density at radius 1 is 1.45 bits per heavy atom. The zero-order chi connectivity index (χ0) is 15.9. The number of hydrogen-bond acceptors (Lipinski definition) is 6. The number of ether oxygens (including phenoxy) is 1. The number of aryl methyl sites for hydroxylation is 1. The molecule has 2 aromatic rings. The molecule has 0 radical (unpaired) electrons. The molecule has 1 saturated heterocycles. The fraction of sp³-hybridized carbons (Fsp3) is 0.538. The van der Waals surface area contributed by atoms with Crippen LogP contribution in [0.5, 0.6) is 0 Å². The van der Waals surface area contributed by atoms with Crippen molar-refractivity contribution in [2.24, 2.45) is 0 Å². The number of aliphatic hydroxyl groups is 1. The topological polar surface area (TPSA) is 115 Å². The van der Waals surface area contributed by atoms with Crippen LogP contribution in [0.3, 0.4) is 0 Å². The van der Waals surface area contributed by atoms with Crippen molar-refractivity contribution in [3.8, 4) is 0 Å². The molecule has 118 valence electrons. The van der Waals surface area contributed by atoms with Gasteiger partial charge in [0.15, 0.2) is 0 Å².